The van der Waals surface area contributed by atoms with Crippen LogP contribution in [0.4, 0.5) is 5.69 Å². The van der Waals surface area contributed by atoms with Gasteiger partial charge in [0.15, 0.2) is 5.96 Å². The fraction of sp³-hybridized carbons (Fsp3) is 0.304. The second-order valence-corrected chi connectivity index (χ2v) is 7.40. The summed E-state index contributed by atoms with van der Waals surface area (Å²) < 4.78 is 1.96. The highest BCUT2D eigenvalue weighted by atomic mass is 16.3. The molecule has 2 heterocycles. The number of para-hydroxylation sites is 2. The number of anilines is 1. The van der Waals surface area contributed by atoms with Crippen LogP contribution in [0.25, 0.3) is 0 Å². The quantitative estimate of drug-likeness (QED) is 0.505. The maximum atomic E-state index is 10.1. The Hall–Kier alpha value is -3.48. The number of guanidine groups is 1. The summed E-state index contributed by atoms with van der Waals surface area (Å²) in [6, 6.07) is 17.8. The largest absolute Gasteiger partial charge is 0.506 e. The standard InChI is InChI=1S/C23H28N6O/c1-24-23(28-13-11-27(12-14-28)21-9-5-6-10-22(21)30)25-15-20-16-26-29(18-20)17-19-7-3-2-4-8-19/h2-10,16,18,30H,11-15,17H2,1H3,(H,24,25). The Kier molecular flexibility index (Phi) is 6.17. The molecule has 4 rings (SSSR count). The van der Waals surface area contributed by atoms with Gasteiger partial charge in [0.25, 0.3) is 0 Å². The summed E-state index contributed by atoms with van der Waals surface area (Å²) in [5.74, 6) is 1.23. The van der Waals surface area contributed by atoms with Crippen LogP contribution in [0, 0.1) is 0 Å². The number of rotatable bonds is 5. The number of nitrogens with one attached hydrogen (secondary N) is 1. The van der Waals surface area contributed by atoms with Crippen LogP contribution in [0.5, 0.6) is 5.75 Å². The lowest BCUT2D eigenvalue weighted by atomic mass is 10.2. The van der Waals surface area contributed by atoms with Crippen molar-refractivity contribution in [3.8, 4) is 5.75 Å². The molecule has 1 saturated heterocycles. The summed E-state index contributed by atoms with van der Waals surface area (Å²) in [7, 11) is 1.82. The molecule has 0 saturated carbocycles. The van der Waals surface area contributed by atoms with E-state index < -0.39 is 0 Å². The van der Waals surface area contributed by atoms with Gasteiger partial charge in [-0.1, -0.05) is 42.5 Å². The minimum Gasteiger partial charge on any atom is -0.506 e. The first-order valence-corrected chi connectivity index (χ1v) is 10.3. The molecule has 0 radical (unpaired) electrons. The summed E-state index contributed by atoms with van der Waals surface area (Å²) in [4.78, 5) is 8.92. The van der Waals surface area contributed by atoms with E-state index in [0.29, 0.717) is 12.3 Å². The zero-order valence-electron chi connectivity index (χ0n) is 17.3. The second kappa shape index (κ2) is 9.35. The number of phenolic OH excluding ortho intramolecular Hbond substituents is 1. The van der Waals surface area contributed by atoms with Crippen molar-refractivity contribution in [2.45, 2.75) is 13.1 Å². The molecule has 0 amide bonds. The summed E-state index contributed by atoms with van der Waals surface area (Å²) in [5, 5.41) is 18.0. The van der Waals surface area contributed by atoms with Crippen molar-refractivity contribution in [3.05, 3.63) is 78.1 Å². The van der Waals surface area contributed by atoms with Gasteiger partial charge in [0.2, 0.25) is 0 Å². The molecule has 0 aliphatic carbocycles. The van der Waals surface area contributed by atoms with E-state index in [1.807, 2.05) is 54.3 Å². The van der Waals surface area contributed by atoms with Crippen molar-refractivity contribution in [2.75, 3.05) is 38.1 Å². The van der Waals surface area contributed by atoms with Gasteiger partial charge in [0, 0.05) is 51.5 Å². The Balaban J connectivity index is 1.29. The van der Waals surface area contributed by atoms with Gasteiger partial charge in [-0.25, -0.2) is 0 Å². The van der Waals surface area contributed by atoms with Crippen LogP contribution in [-0.2, 0) is 13.1 Å². The monoisotopic (exact) mass is 404 g/mol. The van der Waals surface area contributed by atoms with E-state index in [1.165, 1.54) is 5.56 Å². The molecule has 7 nitrogen and oxygen atoms in total. The van der Waals surface area contributed by atoms with E-state index in [-0.39, 0.29) is 0 Å². The number of aromatic nitrogens is 2. The molecule has 0 unspecified atom stereocenters. The fourth-order valence-corrected chi connectivity index (χ4v) is 3.76. The average molecular weight is 405 g/mol. The average Bonchev–Trinajstić information content (AvgIpc) is 3.23. The molecular formula is C23H28N6O. The highest BCUT2D eigenvalue weighted by molar-refractivity contribution is 5.80. The van der Waals surface area contributed by atoms with Gasteiger partial charge in [0.1, 0.15) is 5.75 Å². The van der Waals surface area contributed by atoms with Crippen molar-refractivity contribution >= 4 is 11.6 Å². The molecule has 156 valence electrons. The van der Waals surface area contributed by atoms with E-state index in [4.69, 9.17) is 0 Å². The van der Waals surface area contributed by atoms with Crippen molar-refractivity contribution in [1.82, 2.24) is 20.0 Å². The van der Waals surface area contributed by atoms with Crippen molar-refractivity contribution in [1.29, 1.82) is 0 Å². The number of aromatic hydroxyl groups is 1. The van der Waals surface area contributed by atoms with Crippen molar-refractivity contribution in [2.24, 2.45) is 4.99 Å². The lowest BCUT2D eigenvalue weighted by Gasteiger charge is -2.37. The van der Waals surface area contributed by atoms with Gasteiger partial charge in [-0.15, -0.1) is 0 Å². The smallest absolute Gasteiger partial charge is 0.194 e. The van der Waals surface area contributed by atoms with Crippen molar-refractivity contribution < 1.29 is 5.11 Å². The maximum Gasteiger partial charge on any atom is 0.194 e. The molecule has 1 aromatic heterocycles. The normalized spacial score (nSPS) is 14.8. The zero-order valence-corrected chi connectivity index (χ0v) is 17.3. The van der Waals surface area contributed by atoms with Crippen LogP contribution in [-0.4, -0.2) is 59.0 Å². The lowest BCUT2D eigenvalue weighted by Crippen LogP contribution is -2.52. The number of phenols is 1. The predicted octanol–water partition coefficient (Wildman–Crippen LogP) is 2.53. The summed E-state index contributed by atoms with van der Waals surface area (Å²) >= 11 is 0. The summed E-state index contributed by atoms with van der Waals surface area (Å²) in [6.07, 6.45) is 3.97. The summed E-state index contributed by atoms with van der Waals surface area (Å²) in [6.45, 7) is 4.83. The number of aliphatic imine (C=N–C) groups is 1. The van der Waals surface area contributed by atoms with Gasteiger partial charge >= 0.3 is 0 Å². The Labute approximate surface area is 177 Å². The number of hydrogen-bond acceptors (Lipinski definition) is 4. The Morgan fingerprint density at radius 1 is 1.00 bits per heavy atom. The van der Waals surface area contributed by atoms with Crippen LogP contribution >= 0.6 is 0 Å². The molecule has 0 bridgehead atoms. The first kappa shape index (κ1) is 19.8. The molecule has 7 heteroatoms. The molecule has 2 N–H and O–H groups in total. The van der Waals surface area contributed by atoms with E-state index >= 15 is 0 Å². The lowest BCUT2D eigenvalue weighted by molar-refractivity contribution is 0.369. The number of nitrogens with zero attached hydrogens (tertiary/aromatic N) is 5. The topological polar surface area (TPSA) is 68.9 Å². The predicted molar refractivity (Wildman–Crippen MR) is 120 cm³/mol. The van der Waals surface area contributed by atoms with E-state index in [0.717, 1.165) is 49.9 Å². The highest BCUT2D eigenvalue weighted by Crippen LogP contribution is 2.27. The minimum absolute atomic E-state index is 0.334. The Morgan fingerprint density at radius 3 is 2.47 bits per heavy atom. The zero-order chi connectivity index (χ0) is 20.8. The van der Waals surface area contributed by atoms with Gasteiger partial charge in [-0.2, -0.15) is 5.10 Å². The molecule has 0 atom stereocenters. The van der Waals surface area contributed by atoms with Crippen LogP contribution < -0.4 is 10.2 Å². The number of piperazine rings is 1. The van der Waals surface area contributed by atoms with Crippen molar-refractivity contribution in [3.63, 3.8) is 0 Å². The molecule has 30 heavy (non-hydrogen) atoms. The molecular weight excluding hydrogens is 376 g/mol. The van der Waals surface area contributed by atoms with Crippen LogP contribution in [0.1, 0.15) is 11.1 Å². The maximum absolute atomic E-state index is 10.1. The van der Waals surface area contributed by atoms with E-state index in [9.17, 15) is 5.11 Å². The van der Waals surface area contributed by atoms with Gasteiger partial charge < -0.3 is 20.2 Å². The first-order chi connectivity index (χ1) is 14.7. The molecule has 1 aliphatic heterocycles. The minimum atomic E-state index is 0.334. The SMILES string of the molecule is CN=C(NCc1cnn(Cc2ccccc2)c1)N1CCN(c2ccccc2O)CC1. The third-order valence-corrected chi connectivity index (χ3v) is 5.34. The molecule has 3 aromatic rings. The number of hydrogen-bond donors (Lipinski definition) is 2. The molecule has 0 spiro atoms. The van der Waals surface area contributed by atoms with Gasteiger partial charge in [-0.05, 0) is 17.7 Å². The molecule has 2 aromatic carbocycles. The molecule has 1 fully saturated rings. The Morgan fingerprint density at radius 2 is 1.73 bits per heavy atom. The van der Waals surface area contributed by atoms with Crippen LogP contribution in [0.3, 0.4) is 0 Å². The molecule has 1 aliphatic rings. The third-order valence-electron chi connectivity index (χ3n) is 5.34. The third kappa shape index (κ3) is 4.74. The van der Waals surface area contributed by atoms with Gasteiger partial charge in [0.05, 0.1) is 18.4 Å². The van der Waals surface area contributed by atoms with Gasteiger partial charge in [-0.3, -0.25) is 9.67 Å². The first-order valence-electron chi connectivity index (χ1n) is 10.3. The van der Waals surface area contributed by atoms with Crippen LogP contribution in [0.15, 0.2) is 72.0 Å². The van der Waals surface area contributed by atoms with E-state index in [1.54, 1.807) is 6.07 Å². The second-order valence-electron chi connectivity index (χ2n) is 7.40. The highest BCUT2D eigenvalue weighted by Gasteiger charge is 2.21. The number of benzene rings is 2. The summed E-state index contributed by atoms with van der Waals surface area (Å²) in [5.41, 5.74) is 3.25. The fourth-order valence-electron chi connectivity index (χ4n) is 3.76. The van der Waals surface area contributed by atoms with Crippen LogP contribution in [0.2, 0.25) is 0 Å². The van der Waals surface area contributed by atoms with E-state index in [2.05, 4.69) is 43.5 Å². The Bertz CT molecular complexity index is 976.